The van der Waals surface area contributed by atoms with E-state index in [-0.39, 0.29) is 10.5 Å². The van der Waals surface area contributed by atoms with Crippen molar-refractivity contribution in [3.8, 4) is 0 Å². The van der Waals surface area contributed by atoms with Crippen molar-refractivity contribution in [2.45, 2.75) is 10.6 Å². The number of thiol groups is 1. The number of benzene rings is 1. The molecule has 1 aromatic rings. The monoisotopic (exact) mass is 270 g/mol. The Morgan fingerprint density at radius 2 is 2.00 bits per heavy atom. The summed E-state index contributed by atoms with van der Waals surface area (Å²) in [5.41, 5.74) is -2.99. The van der Waals surface area contributed by atoms with E-state index in [1.54, 1.807) is 6.07 Å². The van der Waals surface area contributed by atoms with Crippen LogP contribution in [0.1, 0.15) is 5.56 Å². The first kappa shape index (κ1) is 10.4. The largest absolute Gasteiger partial charge is 0.284 e. The van der Waals surface area contributed by atoms with Gasteiger partial charge in [-0.25, -0.2) is 0 Å². The molecule has 0 amide bonds. The van der Waals surface area contributed by atoms with Crippen LogP contribution in [0, 0.1) is 0 Å². The van der Waals surface area contributed by atoms with Crippen molar-refractivity contribution in [1.82, 2.24) is 0 Å². The van der Waals surface area contributed by atoms with Gasteiger partial charge in [0.2, 0.25) is 0 Å². The van der Waals surface area contributed by atoms with Gasteiger partial charge in [-0.15, -0.1) is 12.6 Å². The van der Waals surface area contributed by atoms with Gasteiger partial charge >= 0.3 is 0 Å². The van der Waals surface area contributed by atoms with Crippen LogP contribution >= 0.6 is 37.8 Å². The molecule has 1 unspecified atom stereocenters. The third-order valence-electron chi connectivity index (χ3n) is 1.32. The van der Waals surface area contributed by atoms with Crippen molar-refractivity contribution in [1.29, 1.82) is 0 Å². The maximum Gasteiger partial charge on any atom is 0.284 e. The summed E-state index contributed by atoms with van der Waals surface area (Å²) >= 11 is 7.10. The molecule has 66 valence electrons. The molecule has 0 saturated carbocycles. The fraction of sp³-hybridized carbons (Fsp3) is 0.143. The Kier molecular flexibility index (Phi) is 3.13. The zero-order chi connectivity index (χ0) is 9.35. The van der Waals surface area contributed by atoms with Crippen LogP contribution in [0.15, 0.2) is 27.6 Å². The molecule has 0 aliphatic rings. The van der Waals surface area contributed by atoms with Gasteiger partial charge in [0, 0.05) is 14.9 Å². The van der Waals surface area contributed by atoms with Crippen LogP contribution in [0.25, 0.3) is 0 Å². The van der Waals surface area contributed by atoms with Gasteiger partial charge in [0.1, 0.15) is 0 Å². The summed E-state index contributed by atoms with van der Waals surface area (Å²) in [7, 11) is 1.48. The highest BCUT2D eigenvalue weighted by Crippen LogP contribution is 2.38. The Hall–Kier alpha value is 0.340. The Bertz CT molecular complexity index is 298. The fourth-order valence-electron chi connectivity index (χ4n) is 0.787. The maximum atomic E-state index is 12.7. The van der Waals surface area contributed by atoms with Crippen molar-refractivity contribution < 1.29 is 8.78 Å². The lowest BCUT2D eigenvalue weighted by molar-refractivity contribution is 0.101. The SMILES string of the molecule is FC(F)(P)c1ccc(Br)cc1S. The fourth-order valence-corrected chi connectivity index (χ4v) is 2.06. The van der Waals surface area contributed by atoms with E-state index in [1.807, 2.05) is 0 Å². The summed E-state index contributed by atoms with van der Waals surface area (Å²) in [6.07, 6.45) is 0. The van der Waals surface area contributed by atoms with E-state index < -0.39 is 5.66 Å². The zero-order valence-electron chi connectivity index (χ0n) is 5.89. The summed E-state index contributed by atoms with van der Waals surface area (Å²) < 4.78 is 26.2. The molecule has 1 atom stereocenters. The highest BCUT2D eigenvalue weighted by atomic mass is 79.9. The first-order valence-corrected chi connectivity index (χ1v) is 4.88. The Labute approximate surface area is 85.5 Å². The summed E-state index contributed by atoms with van der Waals surface area (Å²) in [4.78, 5) is 0.282. The van der Waals surface area contributed by atoms with Crippen LogP contribution in [0.4, 0.5) is 8.78 Å². The predicted octanol–water partition coefficient (Wildman–Crippen LogP) is 3.66. The molecule has 0 fully saturated rings. The number of halogens is 3. The van der Waals surface area contributed by atoms with Crippen LogP contribution in [0.2, 0.25) is 0 Å². The summed E-state index contributed by atoms with van der Waals surface area (Å²) in [6, 6.07) is 4.45. The first-order chi connectivity index (χ1) is 5.41. The van der Waals surface area contributed by atoms with E-state index in [4.69, 9.17) is 0 Å². The Morgan fingerprint density at radius 1 is 1.42 bits per heavy atom. The molecule has 0 radical (unpaired) electrons. The molecule has 0 aromatic heterocycles. The first-order valence-electron chi connectivity index (χ1n) is 3.07. The predicted molar refractivity (Wildman–Crippen MR) is 55.0 cm³/mol. The van der Waals surface area contributed by atoms with Gasteiger partial charge in [0.05, 0.1) is 0 Å². The number of hydrogen-bond donors (Lipinski definition) is 1. The standard InChI is InChI=1S/C7H6BrF2PS/c8-4-1-2-5(6(12)3-4)7(9,10)11/h1-3,12H,11H2. The average molecular weight is 271 g/mol. The minimum absolute atomic E-state index is 0.0842. The van der Waals surface area contributed by atoms with Crippen molar-refractivity contribution >= 4 is 37.8 Å². The van der Waals surface area contributed by atoms with Crippen LogP contribution < -0.4 is 0 Å². The van der Waals surface area contributed by atoms with Gasteiger partial charge in [-0.2, -0.15) is 8.78 Å². The molecular weight excluding hydrogens is 265 g/mol. The topological polar surface area (TPSA) is 0 Å². The second-order valence-electron chi connectivity index (χ2n) is 2.28. The third kappa shape index (κ3) is 2.41. The molecule has 0 heterocycles. The van der Waals surface area contributed by atoms with Crippen LogP contribution in [-0.2, 0) is 5.66 Å². The normalized spacial score (nSPS) is 11.8. The van der Waals surface area contributed by atoms with Crippen molar-refractivity contribution in [3.05, 3.63) is 28.2 Å². The van der Waals surface area contributed by atoms with Crippen LogP contribution in [-0.4, -0.2) is 0 Å². The minimum atomic E-state index is -2.90. The second-order valence-corrected chi connectivity index (χ2v) is 4.41. The molecular formula is C7H6BrF2PS. The molecule has 1 aromatic carbocycles. The van der Waals surface area contributed by atoms with Crippen molar-refractivity contribution in [3.63, 3.8) is 0 Å². The minimum Gasteiger partial charge on any atom is -0.197 e. The van der Waals surface area contributed by atoms with Gasteiger partial charge in [0.15, 0.2) is 0 Å². The van der Waals surface area contributed by atoms with Gasteiger partial charge in [-0.05, 0) is 12.1 Å². The van der Waals surface area contributed by atoms with E-state index >= 15 is 0 Å². The highest BCUT2D eigenvalue weighted by Gasteiger charge is 2.26. The quantitative estimate of drug-likeness (QED) is 0.584. The smallest absolute Gasteiger partial charge is 0.197 e. The summed E-state index contributed by atoms with van der Waals surface area (Å²) in [6.45, 7) is 0. The molecule has 0 N–H and O–H groups in total. The number of rotatable bonds is 1. The third-order valence-corrected chi connectivity index (χ3v) is 2.49. The molecule has 0 nitrogen and oxygen atoms in total. The molecule has 0 bridgehead atoms. The molecule has 0 aliphatic heterocycles. The molecule has 5 heteroatoms. The van der Waals surface area contributed by atoms with Gasteiger partial charge in [0.25, 0.3) is 5.66 Å². The van der Waals surface area contributed by atoms with Crippen LogP contribution in [0.5, 0.6) is 0 Å². The zero-order valence-corrected chi connectivity index (χ0v) is 9.53. The highest BCUT2D eigenvalue weighted by molar-refractivity contribution is 9.10. The van der Waals surface area contributed by atoms with E-state index in [0.717, 1.165) is 4.47 Å². The molecule has 0 saturated heterocycles. The number of alkyl halides is 2. The lowest BCUT2D eigenvalue weighted by Crippen LogP contribution is -2.03. The van der Waals surface area contributed by atoms with E-state index in [0.29, 0.717) is 0 Å². The van der Waals surface area contributed by atoms with Crippen molar-refractivity contribution in [2.75, 3.05) is 0 Å². The average Bonchev–Trinajstić information content (AvgIpc) is 1.83. The lowest BCUT2D eigenvalue weighted by atomic mass is 10.2. The Morgan fingerprint density at radius 3 is 2.42 bits per heavy atom. The van der Waals surface area contributed by atoms with Gasteiger partial charge < -0.3 is 0 Å². The second kappa shape index (κ2) is 3.60. The number of hydrogen-bond acceptors (Lipinski definition) is 1. The van der Waals surface area contributed by atoms with E-state index in [9.17, 15) is 8.78 Å². The van der Waals surface area contributed by atoms with E-state index in [2.05, 4.69) is 28.6 Å². The van der Waals surface area contributed by atoms with Crippen molar-refractivity contribution in [2.24, 2.45) is 0 Å². The molecule has 12 heavy (non-hydrogen) atoms. The summed E-state index contributed by atoms with van der Waals surface area (Å²) in [5.74, 6) is 0. The molecule has 0 spiro atoms. The maximum absolute atomic E-state index is 12.7. The van der Waals surface area contributed by atoms with E-state index in [1.165, 1.54) is 21.4 Å². The molecule has 0 aliphatic carbocycles. The van der Waals surface area contributed by atoms with Gasteiger partial charge in [-0.3, -0.25) is 0 Å². The Balaban J connectivity index is 3.19. The lowest BCUT2D eigenvalue weighted by Gasteiger charge is -2.12. The van der Waals surface area contributed by atoms with Crippen LogP contribution in [0.3, 0.4) is 0 Å². The molecule has 1 rings (SSSR count). The summed E-state index contributed by atoms with van der Waals surface area (Å²) in [5, 5.41) is 0. The van der Waals surface area contributed by atoms with Gasteiger partial charge in [-0.1, -0.05) is 31.2 Å².